The van der Waals surface area contributed by atoms with Gasteiger partial charge in [0.2, 0.25) is 0 Å². The maximum Gasteiger partial charge on any atom is 0.341 e. The van der Waals surface area contributed by atoms with Crippen molar-refractivity contribution in [2.75, 3.05) is 19.1 Å². The average molecular weight is 483 g/mol. The van der Waals surface area contributed by atoms with E-state index in [2.05, 4.69) is 37.9 Å². The van der Waals surface area contributed by atoms with Crippen molar-refractivity contribution in [1.29, 1.82) is 0 Å². The molecule has 1 fully saturated rings. The Morgan fingerprint density at radius 2 is 1.97 bits per heavy atom. The molecule has 9 heteroatoms. The number of hydrogen-bond donors (Lipinski definition) is 1. The lowest BCUT2D eigenvalue weighted by Crippen LogP contribution is -2.32. The quantitative estimate of drug-likeness (QED) is 0.366. The molecule has 0 spiro atoms. The largest absolute Gasteiger partial charge is 0.477 e. The number of carboxylic acid groups (broad SMARTS) is 1. The zero-order valence-electron chi connectivity index (χ0n) is 20.1. The molecule has 4 heterocycles. The van der Waals surface area contributed by atoms with E-state index in [9.17, 15) is 9.90 Å². The van der Waals surface area contributed by atoms with Crippen LogP contribution in [-0.2, 0) is 11.3 Å². The molecule has 182 valence electrons. The molecule has 1 aliphatic rings. The van der Waals surface area contributed by atoms with Gasteiger partial charge in [-0.05, 0) is 30.5 Å². The van der Waals surface area contributed by atoms with Gasteiger partial charge in [0.05, 0.1) is 18.0 Å². The predicted molar refractivity (Wildman–Crippen MR) is 136 cm³/mol. The van der Waals surface area contributed by atoms with Gasteiger partial charge in [-0.25, -0.2) is 14.8 Å². The number of methoxy groups -OCH3 is 1. The highest BCUT2D eigenvalue weighted by Gasteiger charge is 2.32. The van der Waals surface area contributed by atoms with Crippen molar-refractivity contribution < 1.29 is 14.6 Å². The molecule has 4 aromatic heterocycles. The van der Waals surface area contributed by atoms with E-state index in [-0.39, 0.29) is 11.7 Å². The molecule has 6 rings (SSSR count). The maximum absolute atomic E-state index is 12.0. The zero-order valence-corrected chi connectivity index (χ0v) is 20.1. The van der Waals surface area contributed by atoms with E-state index in [4.69, 9.17) is 9.72 Å². The van der Waals surface area contributed by atoms with Crippen LogP contribution in [0.5, 0.6) is 0 Å². The average Bonchev–Trinajstić information content (AvgIpc) is 3.46. The van der Waals surface area contributed by atoms with Crippen LogP contribution in [0.15, 0.2) is 67.1 Å². The number of rotatable bonds is 7. The summed E-state index contributed by atoms with van der Waals surface area (Å²) >= 11 is 0. The SMILES string of the molecule is COC1CC(n2cc(-c3cc(N(C)Cc4ccccc4)n4ncc(C(=O)O)c4n3)c3cccnc32)C1. The second kappa shape index (κ2) is 8.76. The van der Waals surface area contributed by atoms with Crippen LogP contribution in [0.4, 0.5) is 5.82 Å². The molecular formula is C27H26N6O3. The highest BCUT2D eigenvalue weighted by Crippen LogP contribution is 2.40. The first kappa shape index (κ1) is 22.2. The van der Waals surface area contributed by atoms with Crippen LogP contribution in [0.3, 0.4) is 0 Å². The van der Waals surface area contributed by atoms with Crippen LogP contribution in [-0.4, -0.2) is 55.5 Å². The smallest absolute Gasteiger partial charge is 0.341 e. The third kappa shape index (κ3) is 3.68. The highest BCUT2D eigenvalue weighted by atomic mass is 16.5. The number of carboxylic acids is 1. The number of ether oxygens (including phenoxy) is 1. The third-order valence-electron chi connectivity index (χ3n) is 7.00. The molecule has 0 amide bonds. The third-order valence-corrected chi connectivity index (χ3v) is 7.00. The monoisotopic (exact) mass is 482 g/mol. The molecular weight excluding hydrogens is 456 g/mol. The van der Waals surface area contributed by atoms with Gasteiger partial charge in [-0.2, -0.15) is 9.61 Å². The normalized spacial score (nSPS) is 17.4. The number of carbonyl (C=O) groups is 1. The number of aromatic carboxylic acids is 1. The minimum atomic E-state index is -1.06. The molecule has 0 atom stereocenters. The van der Waals surface area contributed by atoms with Gasteiger partial charge in [-0.3, -0.25) is 0 Å². The number of pyridine rings is 1. The van der Waals surface area contributed by atoms with E-state index in [1.54, 1.807) is 17.8 Å². The molecule has 0 unspecified atom stereocenters. The van der Waals surface area contributed by atoms with Crippen molar-refractivity contribution in [1.82, 2.24) is 24.1 Å². The summed E-state index contributed by atoms with van der Waals surface area (Å²) < 4.78 is 9.29. The minimum absolute atomic E-state index is 0.0648. The molecule has 0 radical (unpaired) electrons. The Hall–Kier alpha value is -4.24. The fourth-order valence-corrected chi connectivity index (χ4v) is 4.97. The Kier molecular flexibility index (Phi) is 5.41. The Morgan fingerprint density at radius 3 is 2.72 bits per heavy atom. The van der Waals surface area contributed by atoms with Crippen molar-refractivity contribution in [2.45, 2.75) is 31.5 Å². The predicted octanol–water partition coefficient (Wildman–Crippen LogP) is 4.43. The standard InChI is InChI=1S/C27H26N6O3/c1-31(15-17-7-4-3-5-8-17)24-13-23(30-26-21(27(34)35)14-29-33(24)26)22-16-32(18-11-19(12-18)36-2)25-20(22)9-6-10-28-25/h3-10,13-14,16,18-19H,11-12,15H2,1-2H3,(H,34,35). The van der Waals surface area contributed by atoms with Crippen LogP contribution >= 0.6 is 0 Å². The van der Waals surface area contributed by atoms with Crippen molar-refractivity contribution in [3.05, 3.63) is 78.2 Å². The van der Waals surface area contributed by atoms with E-state index in [0.717, 1.165) is 40.8 Å². The van der Waals surface area contributed by atoms with Gasteiger partial charge in [-0.15, -0.1) is 0 Å². The number of aromatic nitrogens is 5. The molecule has 1 aliphatic carbocycles. The summed E-state index contributed by atoms with van der Waals surface area (Å²) in [6.07, 6.45) is 7.37. The molecule has 9 nitrogen and oxygen atoms in total. The molecule has 0 saturated heterocycles. The van der Waals surface area contributed by atoms with Crippen molar-refractivity contribution >= 4 is 28.5 Å². The number of hydrogen-bond acceptors (Lipinski definition) is 6. The van der Waals surface area contributed by atoms with Gasteiger partial charge in [-0.1, -0.05) is 30.3 Å². The van der Waals surface area contributed by atoms with Crippen LogP contribution in [0, 0.1) is 0 Å². The van der Waals surface area contributed by atoms with Gasteiger partial charge in [0.25, 0.3) is 0 Å². The van der Waals surface area contributed by atoms with Crippen LogP contribution in [0.25, 0.3) is 27.9 Å². The van der Waals surface area contributed by atoms with Crippen LogP contribution in [0.1, 0.15) is 34.8 Å². The van der Waals surface area contributed by atoms with E-state index in [1.165, 1.54) is 6.20 Å². The summed E-state index contributed by atoms with van der Waals surface area (Å²) in [5.74, 6) is -0.310. The van der Waals surface area contributed by atoms with Crippen LogP contribution in [0.2, 0.25) is 0 Å². The zero-order chi connectivity index (χ0) is 24.8. The van der Waals surface area contributed by atoms with Gasteiger partial charge in [0.15, 0.2) is 5.65 Å². The fraction of sp³-hybridized carbons (Fsp3) is 0.259. The lowest BCUT2D eigenvalue weighted by molar-refractivity contribution is 0.00737. The summed E-state index contributed by atoms with van der Waals surface area (Å²) in [4.78, 5) is 23.5. The van der Waals surface area contributed by atoms with E-state index in [1.807, 2.05) is 43.4 Å². The summed E-state index contributed by atoms with van der Waals surface area (Å²) in [5, 5.41) is 15.2. The summed E-state index contributed by atoms with van der Waals surface area (Å²) in [6.45, 7) is 0.630. The lowest BCUT2D eigenvalue weighted by Gasteiger charge is -2.35. The molecule has 0 aliphatic heterocycles. The fourth-order valence-electron chi connectivity index (χ4n) is 4.97. The first-order valence-electron chi connectivity index (χ1n) is 11.9. The Balaban J connectivity index is 1.51. The van der Waals surface area contributed by atoms with Gasteiger partial charge in [0.1, 0.15) is 17.0 Å². The molecule has 5 aromatic rings. The molecule has 36 heavy (non-hydrogen) atoms. The van der Waals surface area contributed by atoms with Crippen molar-refractivity contribution in [2.24, 2.45) is 0 Å². The van der Waals surface area contributed by atoms with Crippen molar-refractivity contribution in [3.8, 4) is 11.3 Å². The second-order valence-electron chi connectivity index (χ2n) is 9.25. The first-order valence-corrected chi connectivity index (χ1v) is 11.9. The van der Waals surface area contributed by atoms with Gasteiger partial charge < -0.3 is 19.3 Å². The lowest BCUT2D eigenvalue weighted by atomic mass is 9.89. The number of fused-ring (bicyclic) bond motifs is 2. The highest BCUT2D eigenvalue weighted by molar-refractivity contribution is 5.97. The number of benzene rings is 1. The Labute approximate surface area is 207 Å². The van der Waals surface area contributed by atoms with E-state index < -0.39 is 5.97 Å². The van der Waals surface area contributed by atoms with Crippen molar-refractivity contribution in [3.63, 3.8) is 0 Å². The topological polar surface area (TPSA) is 97.8 Å². The number of nitrogens with zero attached hydrogens (tertiary/aromatic N) is 6. The number of anilines is 1. The summed E-state index contributed by atoms with van der Waals surface area (Å²) in [5.41, 5.74) is 3.99. The van der Waals surface area contributed by atoms with E-state index >= 15 is 0 Å². The summed E-state index contributed by atoms with van der Waals surface area (Å²) in [6, 6.07) is 16.3. The Bertz CT molecular complexity index is 1570. The molecule has 0 bridgehead atoms. The van der Waals surface area contributed by atoms with Gasteiger partial charge >= 0.3 is 5.97 Å². The molecule has 1 N–H and O–H groups in total. The summed E-state index contributed by atoms with van der Waals surface area (Å²) in [7, 11) is 3.72. The first-order chi connectivity index (χ1) is 17.5. The van der Waals surface area contributed by atoms with Crippen LogP contribution < -0.4 is 4.90 Å². The Morgan fingerprint density at radius 1 is 1.17 bits per heavy atom. The molecule has 1 saturated carbocycles. The maximum atomic E-state index is 12.0. The van der Waals surface area contributed by atoms with Gasteiger partial charge in [0, 0.05) is 56.2 Å². The van der Waals surface area contributed by atoms with E-state index in [0.29, 0.717) is 23.9 Å². The second-order valence-corrected chi connectivity index (χ2v) is 9.25. The molecule has 1 aromatic carbocycles. The minimum Gasteiger partial charge on any atom is -0.477 e.